The van der Waals surface area contributed by atoms with E-state index >= 15 is 13.2 Å². The van der Waals surface area contributed by atoms with Crippen LogP contribution in [-0.4, -0.2) is 16.9 Å². The molecule has 55 heavy (non-hydrogen) atoms. The first-order chi connectivity index (χ1) is 25.4. The van der Waals surface area contributed by atoms with Crippen LogP contribution in [-0.2, 0) is 10.8 Å². The van der Waals surface area contributed by atoms with Crippen molar-refractivity contribution >= 4 is 22.4 Å². The third-order valence-electron chi connectivity index (χ3n) is 11.4. The average molecular weight is 745 g/mol. The normalized spacial score (nSPS) is 18.3. The second kappa shape index (κ2) is 14.3. The zero-order chi connectivity index (χ0) is 40.3. The highest BCUT2D eigenvalue weighted by molar-refractivity contribution is 6.19. The van der Waals surface area contributed by atoms with E-state index in [9.17, 15) is 0 Å². The van der Waals surface area contributed by atoms with Crippen LogP contribution in [0.4, 0.5) is 13.2 Å². The smallest absolute Gasteiger partial charge is 0.354 e. The second-order valence-electron chi connectivity index (χ2n) is 19.7. The third-order valence-corrected chi connectivity index (χ3v) is 11.4. The fourth-order valence-corrected chi connectivity index (χ4v) is 7.71. The maximum absolute atomic E-state index is 16.1. The SMILES string of the molecule is CC(C)(C)C1=CC=C(C2=NC(=C(c3[nH]c(-c4ccc(C(C)(C)C)cc4)cc3C3=CC=C(C(C)(C)C)CC3)C(F)(F)F)C(c3ccc(C(C)(C)C)cc3)=C2)CC1. The third kappa shape index (κ3) is 8.72. The number of halogens is 3. The first-order valence-corrected chi connectivity index (χ1v) is 19.8. The summed E-state index contributed by atoms with van der Waals surface area (Å²) in [6.07, 6.45) is 8.50. The second-order valence-corrected chi connectivity index (χ2v) is 19.7. The van der Waals surface area contributed by atoms with Gasteiger partial charge in [-0.15, -0.1) is 0 Å². The molecule has 1 aliphatic heterocycles. The van der Waals surface area contributed by atoms with Gasteiger partial charge < -0.3 is 4.98 Å². The summed E-state index contributed by atoms with van der Waals surface area (Å²) in [6.45, 7) is 26.0. The molecule has 3 aliphatic rings. The van der Waals surface area contributed by atoms with E-state index in [4.69, 9.17) is 4.99 Å². The minimum Gasteiger partial charge on any atom is -0.354 e. The molecule has 0 atom stereocenters. The van der Waals surface area contributed by atoms with Gasteiger partial charge in [0.05, 0.1) is 17.1 Å². The highest BCUT2D eigenvalue weighted by atomic mass is 19.4. The Labute approximate surface area is 327 Å². The molecule has 0 saturated carbocycles. The van der Waals surface area contributed by atoms with Crippen LogP contribution in [0.15, 0.2) is 112 Å². The lowest BCUT2D eigenvalue weighted by molar-refractivity contribution is -0.0695. The van der Waals surface area contributed by atoms with Gasteiger partial charge in [0.15, 0.2) is 0 Å². The van der Waals surface area contributed by atoms with Gasteiger partial charge in [-0.1, -0.05) is 167 Å². The van der Waals surface area contributed by atoms with Crippen LogP contribution in [0.25, 0.3) is 28.0 Å². The summed E-state index contributed by atoms with van der Waals surface area (Å²) in [5.41, 5.74) is 9.73. The van der Waals surface area contributed by atoms with Crippen LogP contribution in [0.5, 0.6) is 0 Å². The number of allylic oxidation sites excluding steroid dienone is 11. The van der Waals surface area contributed by atoms with Gasteiger partial charge in [-0.3, -0.25) is 0 Å². The molecule has 0 spiro atoms. The van der Waals surface area contributed by atoms with E-state index in [1.807, 2.05) is 54.6 Å². The first kappa shape index (κ1) is 40.3. The number of rotatable bonds is 5. The summed E-state index contributed by atoms with van der Waals surface area (Å²) in [4.78, 5) is 8.29. The number of H-pyrrole nitrogens is 1. The quantitative estimate of drug-likeness (QED) is 0.269. The van der Waals surface area contributed by atoms with Crippen LogP contribution < -0.4 is 0 Å². The maximum atomic E-state index is 16.1. The molecule has 2 heterocycles. The van der Waals surface area contributed by atoms with Crippen molar-refractivity contribution in [3.8, 4) is 11.3 Å². The molecule has 0 radical (unpaired) electrons. The van der Waals surface area contributed by atoms with Crippen LogP contribution in [0.1, 0.15) is 137 Å². The fourth-order valence-electron chi connectivity index (χ4n) is 7.71. The van der Waals surface area contributed by atoms with Crippen LogP contribution >= 0.6 is 0 Å². The largest absolute Gasteiger partial charge is 0.420 e. The van der Waals surface area contributed by atoms with E-state index in [1.165, 1.54) is 11.1 Å². The van der Waals surface area contributed by atoms with E-state index in [0.29, 0.717) is 34.5 Å². The van der Waals surface area contributed by atoms with Crippen molar-refractivity contribution in [2.75, 3.05) is 0 Å². The zero-order valence-corrected chi connectivity index (χ0v) is 35.0. The molecule has 6 rings (SSSR count). The molecule has 0 fully saturated rings. The Morgan fingerprint density at radius 3 is 1.45 bits per heavy atom. The summed E-state index contributed by atoms with van der Waals surface area (Å²) in [5.74, 6) is 0. The monoisotopic (exact) mass is 744 g/mol. The summed E-state index contributed by atoms with van der Waals surface area (Å²) in [6, 6.07) is 18.0. The number of alkyl halides is 3. The van der Waals surface area contributed by atoms with Crippen molar-refractivity contribution < 1.29 is 13.2 Å². The molecule has 0 saturated heterocycles. The van der Waals surface area contributed by atoms with E-state index in [-0.39, 0.29) is 33.1 Å². The van der Waals surface area contributed by atoms with E-state index in [1.54, 1.807) is 0 Å². The predicted octanol–water partition coefficient (Wildman–Crippen LogP) is 14.9. The highest BCUT2D eigenvalue weighted by Gasteiger charge is 2.43. The Morgan fingerprint density at radius 1 is 0.564 bits per heavy atom. The van der Waals surface area contributed by atoms with Gasteiger partial charge in [-0.25, -0.2) is 4.99 Å². The molecule has 0 bridgehead atoms. The number of nitrogens with one attached hydrogen (secondary N) is 1. The fraction of sp³-hybridized carbons (Fsp3) is 0.420. The van der Waals surface area contributed by atoms with Crippen molar-refractivity contribution in [2.45, 2.75) is 126 Å². The Balaban J connectivity index is 1.61. The summed E-state index contributed by atoms with van der Waals surface area (Å²) in [5, 5.41) is 0. The van der Waals surface area contributed by atoms with Gasteiger partial charge in [-0.05, 0) is 92.9 Å². The molecular weight excluding hydrogens is 686 g/mol. The van der Waals surface area contributed by atoms with E-state index < -0.39 is 11.7 Å². The molecule has 1 N–H and O–H groups in total. The minimum absolute atomic E-state index is 0.0179. The summed E-state index contributed by atoms with van der Waals surface area (Å²) >= 11 is 0. The van der Waals surface area contributed by atoms with Crippen molar-refractivity contribution in [1.82, 2.24) is 4.98 Å². The van der Waals surface area contributed by atoms with Crippen LogP contribution in [0.2, 0.25) is 0 Å². The molecule has 3 aromatic rings. The molecule has 2 aliphatic carbocycles. The molecule has 290 valence electrons. The zero-order valence-electron chi connectivity index (χ0n) is 35.0. The minimum atomic E-state index is -4.71. The average Bonchev–Trinajstić information content (AvgIpc) is 3.72. The lowest BCUT2D eigenvalue weighted by atomic mass is 9.79. The molecule has 5 heteroatoms. The number of hydrogen-bond acceptors (Lipinski definition) is 1. The number of aromatic nitrogens is 1. The van der Waals surface area contributed by atoms with Gasteiger partial charge in [-0.2, -0.15) is 13.2 Å². The van der Waals surface area contributed by atoms with Crippen LogP contribution in [0.3, 0.4) is 0 Å². The summed E-state index contributed by atoms with van der Waals surface area (Å²) < 4.78 is 48.2. The Hall–Kier alpha value is -4.38. The molecule has 2 nitrogen and oxygen atoms in total. The number of aromatic amines is 1. The number of benzene rings is 2. The van der Waals surface area contributed by atoms with Crippen molar-refractivity contribution in [3.05, 3.63) is 135 Å². The Bertz CT molecular complexity index is 2170. The van der Waals surface area contributed by atoms with Gasteiger partial charge in [0.1, 0.15) is 5.57 Å². The predicted molar refractivity (Wildman–Crippen MR) is 228 cm³/mol. The molecule has 0 unspecified atom stereocenters. The summed E-state index contributed by atoms with van der Waals surface area (Å²) in [7, 11) is 0. The van der Waals surface area contributed by atoms with Crippen molar-refractivity contribution in [2.24, 2.45) is 15.8 Å². The van der Waals surface area contributed by atoms with Gasteiger partial charge in [0.2, 0.25) is 0 Å². The Kier molecular flexibility index (Phi) is 10.5. The highest BCUT2D eigenvalue weighted by Crippen LogP contribution is 2.48. The number of nitrogens with zero attached hydrogens (tertiary/aromatic N) is 1. The Morgan fingerprint density at radius 2 is 1.04 bits per heavy atom. The number of hydrogen-bond donors (Lipinski definition) is 1. The van der Waals surface area contributed by atoms with Crippen molar-refractivity contribution in [1.29, 1.82) is 0 Å². The first-order valence-electron chi connectivity index (χ1n) is 19.8. The van der Waals surface area contributed by atoms with Gasteiger partial charge in [0, 0.05) is 16.8 Å². The van der Waals surface area contributed by atoms with E-state index in [2.05, 4.69) is 118 Å². The standard InChI is InChI=1S/C50H59F3N2/c1-46(2,3)35-21-13-31(14-22-35)39-29-41(33-17-25-37(26-18-33)48(7,8)9)54-44(39)43(50(51,52)53)45-40(32-15-23-36(24-16-32)47(4,5)6)30-42(55-45)34-19-27-38(28-20-34)49(10,11)12/h13-15,17,19-23,25,27-30,55H,16,18,24,26H2,1-12H3. The number of aliphatic imine (C=N–C) groups is 1. The lowest BCUT2D eigenvalue weighted by Crippen LogP contribution is -2.16. The van der Waals surface area contributed by atoms with Crippen molar-refractivity contribution in [3.63, 3.8) is 0 Å². The lowest BCUT2D eigenvalue weighted by Gasteiger charge is -2.26. The van der Waals surface area contributed by atoms with Gasteiger partial charge >= 0.3 is 6.18 Å². The van der Waals surface area contributed by atoms with Gasteiger partial charge in [0.25, 0.3) is 0 Å². The molecular formula is C50H59F3N2. The molecule has 1 aromatic heterocycles. The van der Waals surface area contributed by atoms with E-state index in [0.717, 1.165) is 47.1 Å². The maximum Gasteiger partial charge on any atom is 0.420 e. The molecule has 2 aromatic carbocycles. The molecule has 0 amide bonds. The topological polar surface area (TPSA) is 28.1 Å². The van der Waals surface area contributed by atoms with Crippen LogP contribution in [0, 0.1) is 10.8 Å².